The molecule has 0 bridgehead atoms. The highest BCUT2D eigenvalue weighted by Gasteiger charge is 2.17. The van der Waals surface area contributed by atoms with Gasteiger partial charge in [-0.3, -0.25) is 0 Å². The van der Waals surface area contributed by atoms with Gasteiger partial charge >= 0.3 is 5.97 Å². The molecule has 0 fully saturated rings. The highest BCUT2D eigenvalue weighted by Crippen LogP contribution is 2.25. The summed E-state index contributed by atoms with van der Waals surface area (Å²) in [5.74, 6) is -0.405. The van der Waals surface area contributed by atoms with E-state index in [0.717, 1.165) is 22.1 Å². The molecule has 0 atom stereocenters. The molecule has 2 aromatic heterocycles. The summed E-state index contributed by atoms with van der Waals surface area (Å²) in [6.07, 6.45) is 0.651. The SMILES string of the molecule is CCc1nnsc1C(=O)OCc1csc(-c2ccc(Cl)cc2)n1. The summed E-state index contributed by atoms with van der Waals surface area (Å²) < 4.78 is 9.08. The lowest BCUT2D eigenvalue weighted by Gasteiger charge is -2.01. The van der Waals surface area contributed by atoms with Gasteiger partial charge in [-0.15, -0.1) is 16.4 Å². The largest absolute Gasteiger partial charge is 0.455 e. The topological polar surface area (TPSA) is 65.0 Å². The zero-order valence-corrected chi connectivity index (χ0v) is 14.5. The van der Waals surface area contributed by atoms with Crippen molar-refractivity contribution in [2.45, 2.75) is 20.0 Å². The first kappa shape index (κ1) is 16.0. The van der Waals surface area contributed by atoms with Gasteiger partial charge in [-0.05, 0) is 30.1 Å². The molecule has 0 saturated heterocycles. The molecule has 0 N–H and O–H groups in total. The summed E-state index contributed by atoms with van der Waals surface area (Å²) in [5.41, 5.74) is 2.36. The maximum atomic E-state index is 12.0. The molecule has 0 saturated carbocycles. The fraction of sp³-hybridized carbons (Fsp3) is 0.200. The molecule has 0 aliphatic rings. The molecule has 2 heterocycles. The number of hydrogen-bond donors (Lipinski definition) is 0. The first-order valence-corrected chi connectivity index (χ1v) is 8.89. The number of benzene rings is 1. The maximum absolute atomic E-state index is 12.0. The van der Waals surface area contributed by atoms with Crippen molar-refractivity contribution in [3.63, 3.8) is 0 Å². The van der Waals surface area contributed by atoms with Gasteiger partial charge in [0.1, 0.15) is 11.6 Å². The third-order valence-electron chi connectivity index (χ3n) is 3.07. The Morgan fingerprint density at radius 1 is 1.30 bits per heavy atom. The van der Waals surface area contributed by atoms with Crippen molar-refractivity contribution in [1.29, 1.82) is 0 Å². The predicted molar refractivity (Wildman–Crippen MR) is 91.0 cm³/mol. The standard InChI is InChI=1S/C15H12ClN3O2S2/c1-2-12-13(23-19-18-12)15(20)21-7-11-8-22-14(17-11)9-3-5-10(16)6-4-9/h3-6,8H,2,7H2,1H3. The molecule has 0 aliphatic carbocycles. The minimum absolute atomic E-state index is 0.129. The summed E-state index contributed by atoms with van der Waals surface area (Å²) in [6, 6.07) is 7.46. The highest BCUT2D eigenvalue weighted by atomic mass is 35.5. The van der Waals surface area contributed by atoms with Crippen LogP contribution >= 0.6 is 34.5 Å². The number of carbonyl (C=O) groups is 1. The molecule has 0 unspecified atom stereocenters. The van der Waals surface area contributed by atoms with E-state index in [9.17, 15) is 4.79 Å². The van der Waals surface area contributed by atoms with E-state index in [1.54, 1.807) is 0 Å². The van der Waals surface area contributed by atoms with Crippen LogP contribution in [0.2, 0.25) is 5.02 Å². The lowest BCUT2D eigenvalue weighted by atomic mass is 10.2. The summed E-state index contributed by atoms with van der Waals surface area (Å²) in [5, 5.41) is 7.33. The second kappa shape index (κ2) is 7.16. The van der Waals surface area contributed by atoms with Crippen LogP contribution < -0.4 is 0 Å². The number of carbonyl (C=O) groups excluding carboxylic acids is 1. The number of nitrogens with zero attached hydrogens (tertiary/aromatic N) is 3. The predicted octanol–water partition coefficient (Wildman–Crippen LogP) is 4.23. The summed E-state index contributed by atoms with van der Waals surface area (Å²) in [7, 11) is 0. The lowest BCUT2D eigenvalue weighted by molar-refractivity contribution is 0.0473. The van der Waals surface area contributed by atoms with Crippen LogP contribution in [0.4, 0.5) is 0 Å². The first-order chi connectivity index (χ1) is 11.2. The summed E-state index contributed by atoms with van der Waals surface area (Å²) >= 11 is 8.43. The van der Waals surface area contributed by atoms with E-state index >= 15 is 0 Å². The number of esters is 1. The zero-order valence-electron chi connectivity index (χ0n) is 12.2. The fourth-order valence-electron chi connectivity index (χ4n) is 1.90. The van der Waals surface area contributed by atoms with Crippen molar-refractivity contribution in [2.75, 3.05) is 0 Å². The molecule has 8 heteroatoms. The maximum Gasteiger partial charge on any atom is 0.352 e. The van der Waals surface area contributed by atoms with Gasteiger partial charge in [0, 0.05) is 16.0 Å². The van der Waals surface area contributed by atoms with Crippen molar-refractivity contribution in [3.8, 4) is 10.6 Å². The zero-order chi connectivity index (χ0) is 16.2. The second-order valence-corrected chi connectivity index (χ2v) is 6.68. The molecular weight excluding hydrogens is 354 g/mol. The molecule has 23 heavy (non-hydrogen) atoms. The Bertz CT molecular complexity index is 814. The van der Waals surface area contributed by atoms with Crippen LogP contribution in [0.1, 0.15) is 28.0 Å². The van der Waals surface area contributed by atoms with Crippen LogP contribution in [0, 0.1) is 0 Å². The highest BCUT2D eigenvalue weighted by molar-refractivity contribution is 7.13. The number of ether oxygens (including phenoxy) is 1. The van der Waals surface area contributed by atoms with Crippen LogP contribution in [0.3, 0.4) is 0 Å². The van der Waals surface area contributed by atoms with E-state index in [4.69, 9.17) is 16.3 Å². The molecule has 3 aromatic rings. The third-order valence-corrected chi connectivity index (χ3v) is 5.01. The second-order valence-electron chi connectivity index (χ2n) is 4.63. The Labute approximate surface area is 146 Å². The van der Waals surface area contributed by atoms with E-state index in [1.807, 2.05) is 36.6 Å². The Morgan fingerprint density at radius 3 is 2.83 bits per heavy atom. The minimum atomic E-state index is -0.405. The van der Waals surface area contributed by atoms with Crippen molar-refractivity contribution in [2.24, 2.45) is 0 Å². The van der Waals surface area contributed by atoms with E-state index in [2.05, 4.69) is 14.6 Å². The van der Waals surface area contributed by atoms with E-state index in [0.29, 0.717) is 27.7 Å². The van der Waals surface area contributed by atoms with E-state index < -0.39 is 5.97 Å². The van der Waals surface area contributed by atoms with E-state index in [-0.39, 0.29) is 6.61 Å². The normalized spacial score (nSPS) is 10.7. The minimum Gasteiger partial charge on any atom is -0.455 e. The van der Waals surface area contributed by atoms with Crippen LogP contribution in [0.15, 0.2) is 29.6 Å². The Balaban J connectivity index is 1.65. The van der Waals surface area contributed by atoms with Gasteiger partial charge < -0.3 is 4.74 Å². The molecule has 1 aromatic carbocycles. The van der Waals surface area contributed by atoms with Crippen molar-refractivity contribution < 1.29 is 9.53 Å². The molecule has 118 valence electrons. The molecule has 5 nitrogen and oxygen atoms in total. The van der Waals surface area contributed by atoms with Gasteiger partial charge in [0.15, 0.2) is 4.88 Å². The smallest absolute Gasteiger partial charge is 0.352 e. The monoisotopic (exact) mass is 365 g/mol. The van der Waals surface area contributed by atoms with Crippen LogP contribution in [-0.2, 0) is 17.8 Å². The average molecular weight is 366 g/mol. The van der Waals surface area contributed by atoms with Gasteiger partial charge in [-0.1, -0.05) is 35.1 Å². The number of hydrogen-bond acceptors (Lipinski definition) is 7. The molecule has 0 radical (unpaired) electrons. The number of aromatic nitrogens is 3. The van der Waals surface area contributed by atoms with Gasteiger partial charge in [0.25, 0.3) is 0 Å². The molecule has 3 rings (SSSR count). The van der Waals surface area contributed by atoms with E-state index in [1.165, 1.54) is 11.3 Å². The molecule has 0 spiro atoms. The molecule has 0 aliphatic heterocycles. The summed E-state index contributed by atoms with van der Waals surface area (Å²) in [4.78, 5) is 17.0. The first-order valence-electron chi connectivity index (χ1n) is 6.86. The number of aryl methyl sites for hydroxylation is 1. The van der Waals surface area contributed by atoms with Crippen molar-refractivity contribution in [1.82, 2.24) is 14.6 Å². The van der Waals surface area contributed by atoms with Gasteiger partial charge in [-0.2, -0.15) is 0 Å². The van der Waals surface area contributed by atoms with Crippen molar-refractivity contribution >= 4 is 40.4 Å². The van der Waals surface area contributed by atoms with Crippen LogP contribution in [-0.4, -0.2) is 20.5 Å². The number of thiazole rings is 1. The van der Waals surface area contributed by atoms with Gasteiger partial charge in [0.05, 0.1) is 11.4 Å². The fourth-order valence-corrected chi connectivity index (χ4v) is 3.48. The Hall–Kier alpha value is -1.83. The van der Waals surface area contributed by atoms with Crippen LogP contribution in [0.5, 0.6) is 0 Å². The number of halogens is 1. The summed E-state index contributed by atoms with van der Waals surface area (Å²) in [6.45, 7) is 2.05. The average Bonchev–Trinajstić information content (AvgIpc) is 3.22. The quantitative estimate of drug-likeness (QED) is 0.633. The Kier molecular flexibility index (Phi) is 5.00. The van der Waals surface area contributed by atoms with Gasteiger partial charge in [0.2, 0.25) is 0 Å². The molecule has 0 amide bonds. The number of rotatable bonds is 5. The van der Waals surface area contributed by atoms with Crippen molar-refractivity contribution in [3.05, 3.63) is 50.9 Å². The lowest BCUT2D eigenvalue weighted by Crippen LogP contribution is -2.06. The third kappa shape index (κ3) is 3.74. The van der Waals surface area contributed by atoms with Gasteiger partial charge in [-0.25, -0.2) is 9.78 Å². The Morgan fingerprint density at radius 2 is 2.09 bits per heavy atom. The molecular formula is C15H12ClN3O2S2. The van der Waals surface area contributed by atoms with Crippen LogP contribution in [0.25, 0.3) is 10.6 Å².